The Morgan fingerprint density at radius 2 is 1.97 bits per heavy atom. The van der Waals surface area contributed by atoms with Crippen molar-refractivity contribution >= 4 is 29.0 Å². The lowest BCUT2D eigenvalue weighted by atomic mass is 9.86. The molecular weight excluding hydrogens is 488 g/mol. The summed E-state index contributed by atoms with van der Waals surface area (Å²) in [5, 5.41) is 4.15. The van der Waals surface area contributed by atoms with Gasteiger partial charge in [0, 0.05) is 30.5 Å². The molecule has 35 heavy (non-hydrogen) atoms. The third-order valence-corrected chi connectivity index (χ3v) is 6.64. The summed E-state index contributed by atoms with van der Waals surface area (Å²) >= 11 is 6.00. The molecule has 2 heterocycles. The second-order valence-corrected chi connectivity index (χ2v) is 9.74. The molecule has 2 aliphatic heterocycles. The number of likely N-dealkylation sites (tertiary alicyclic amines) is 1. The van der Waals surface area contributed by atoms with Crippen LogP contribution in [0, 0.1) is 25.6 Å². The van der Waals surface area contributed by atoms with Crippen molar-refractivity contribution in [1.29, 1.82) is 0 Å². The number of alkyl halides is 3. The van der Waals surface area contributed by atoms with Crippen LogP contribution in [0.25, 0.3) is 0 Å². The van der Waals surface area contributed by atoms with Crippen molar-refractivity contribution in [2.75, 3.05) is 13.1 Å². The van der Waals surface area contributed by atoms with E-state index in [9.17, 15) is 27.2 Å². The van der Waals surface area contributed by atoms with Crippen LogP contribution in [0.15, 0.2) is 35.5 Å². The van der Waals surface area contributed by atoms with Gasteiger partial charge in [0.2, 0.25) is 5.91 Å². The highest BCUT2D eigenvalue weighted by molar-refractivity contribution is 6.30. The Balaban J connectivity index is 1.44. The summed E-state index contributed by atoms with van der Waals surface area (Å²) in [5.41, 5.74) is 2.32. The summed E-state index contributed by atoms with van der Waals surface area (Å²) in [6.07, 6.45) is -4.33. The van der Waals surface area contributed by atoms with E-state index in [4.69, 9.17) is 16.4 Å². The standard InChI is InChI=1S/C25H23ClF4N2O3/c1-13-6-18(22(27)19(26)7-13)24(3)10-20(31-35-24)15-4-5-17(14(2)8-15)21(33)9-16-11-32(23(16)34)12-25(28,29)30/h4-8,16H,9-12H2,1-3H3. The SMILES string of the molecule is Cc1cc(Cl)c(F)c(C2(C)CC(c3ccc(C(=O)CC4CN(CC(F)(F)F)C4=O)c(C)c3)=NO2)c1. The van der Waals surface area contributed by atoms with Gasteiger partial charge in [-0.15, -0.1) is 0 Å². The van der Waals surface area contributed by atoms with Crippen molar-refractivity contribution in [2.24, 2.45) is 11.1 Å². The number of hydrogen-bond donors (Lipinski definition) is 0. The molecule has 0 saturated carbocycles. The maximum atomic E-state index is 14.7. The van der Waals surface area contributed by atoms with Gasteiger partial charge >= 0.3 is 6.18 Å². The first-order chi connectivity index (χ1) is 16.3. The lowest BCUT2D eigenvalue weighted by Crippen LogP contribution is -2.55. The largest absolute Gasteiger partial charge is 0.406 e. The van der Waals surface area contributed by atoms with Gasteiger partial charge in [0.05, 0.1) is 16.7 Å². The maximum Gasteiger partial charge on any atom is 0.406 e. The molecule has 2 atom stereocenters. The Morgan fingerprint density at radius 1 is 1.26 bits per heavy atom. The lowest BCUT2D eigenvalue weighted by molar-refractivity contribution is -0.177. The number of halogens is 5. The number of Topliss-reactive ketones (excluding diaryl/α,β-unsaturated/α-hetero) is 1. The summed E-state index contributed by atoms with van der Waals surface area (Å²) in [5.74, 6) is -2.28. The molecule has 0 N–H and O–H groups in total. The zero-order valence-corrected chi connectivity index (χ0v) is 20.1. The lowest BCUT2D eigenvalue weighted by Gasteiger charge is -2.38. The fourth-order valence-electron chi connectivity index (χ4n) is 4.53. The van der Waals surface area contributed by atoms with Crippen molar-refractivity contribution < 1.29 is 32.0 Å². The summed E-state index contributed by atoms with van der Waals surface area (Å²) in [7, 11) is 0. The molecule has 2 unspecified atom stereocenters. The summed E-state index contributed by atoms with van der Waals surface area (Å²) in [6, 6.07) is 8.24. The van der Waals surface area contributed by atoms with Gasteiger partial charge in [0.15, 0.2) is 11.4 Å². The molecule has 10 heteroatoms. The third-order valence-electron chi connectivity index (χ3n) is 6.37. The number of rotatable bonds is 6. The van der Waals surface area contributed by atoms with Crippen molar-refractivity contribution in [3.8, 4) is 0 Å². The van der Waals surface area contributed by atoms with Crippen molar-refractivity contribution in [3.05, 3.63) is 69.0 Å². The molecule has 2 aromatic rings. The third kappa shape index (κ3) is 5.05. The average molecular weight is 511 g/mol. The van der Waals surface area contributed by atoms with E-state index in [0.29, 0.717) is 32.9 Å². The molecule has 2 aliphatic rings. The van der Waals surface area contributed by atoms with Crippen LogP contribution in [-0.2, 0) is 15.2 Å². The van der Waals surface area contributed by atoms with E-state index in [1.54, 1.807) is 45.0 Å². The molecule has 0 radical (unpaired) electrons. The van der Waals surface area contributed by atoms with E-state index >= 15 is 0 Å². The van der Waals surface area contributed by atoms with Gasteiger partial charge in [-0.1, -0.05) is 28.9 Å². The molecule has 1 saturated heterocycles. The fraction of sp³-hybridized carbons (Fsp3) is 0.400. The molecule has 0 aromatic heterocycles. The van der Waals surface area contributed by atoms with Crippen molar-refractivity contribution in [3.63, 3.8) is 0 Å². The van der Waals surface area contributed by atoms with E-state index in [-0.39, 0.29) is 30.2 Å². The molecule has 0 spiro atoms. The maximum absolute atomic E-state index is 14.7. The number of carbonyl (C=O) groups is 2. The molecule has 1 amide bonds. The molecule has 1 fully saturated rings. The number of amides is 1. The Bertz CT molecular complexity index is 1240. The van der Waals surface area contributed by atoms with Crippen molar-refractivity contribution in [1.82, 2.24) is 4.90 Å². The first-order valence-electron chi connectivity index (χ1n) is 11.0. The summed E-state index contributed by atoms with van der Waals surface area (Å²) < 4.78 is 52.1. The Hall–Kier alpha value is -2.94. The van der Waals surface area contributed by atoms with Gasteiger partial charge in [0.1, 0.15) is 12.4 Å². The molecule has 5 nitrogen and oxygen atoms in total. The van der Waals surface area contributed by atoms with E-state index in [1.807, 2.05) is 0 Å². The minimum absolute atomic E-state index is 0.00320. The Kier molecular flexibility index (Phi) is 6.42. The number of oxime groups is 1. The highest BCUT2D eigenvalue weighted by atomic mass is 35.5. The van der Waals surface area contributed by atoms with Gasteiger partial charge in [-0.05, 0) is 55.7 Å². The van der Waals surface area contributed by atoms with Crippen LogP contribution in [0.2, 0.25) is 5.02 Å². The molecule has 186 valence electrons. The van der Waals surface area contributed by atoms with E-state index in [2.05, 4.69) is 5.16 Å². The number of nitrogens with zero attached hydrogens (tertiary/aromatic N) is 2. The topological polar surface area (TPSA) is 59.0 Å². The smallest absolute Gasteiger partial charge is 0.384 e. The first kappa shape index (κ1) is 25.2. The molecule has 0 bridgehead atoms. The predicted molar refractivity (Wildman–Crippen MR) is 122 cm³/mol. The molecule has 4 rings (SSSR count). The van der Waals surface area contributed by atoms with Crippen LogP contribution >= 0.6 is 11.6 Å². The monoisotopic (exact) mass is 510 g/mol. The zero-order valence-electron chi connectivity index (χ0n) is 19.3. The van der Waals surface area contributed by atoms with E-state index < -0.39 is 36.0 Å². The van der Waals surface area contributed by atoms with Crippen molar-refractivity contribution in [2.45, 2.75) is 45.4 Å². The minimum Gasteiger partial charge on any atom is -0.384 e. The average Bonchev–Trinajstić information content (AvgIpc) is 3.17. The summed E-state index contributed by atoms with van der Waals surface area (Å²) in [4.78, 5) is 31.0. The van der Waals surface area contributed by atoms with Crippen LogP contribution < -0.4 is 0 Å². The van der Waals surface area contributed by atoms with Gasteiger partial charge < -0.3 is 9.74 Å². The quantitative estimate of drug-likeness (QED) is 0.283. The molecular formula is C25H23ClF4N2O3. The van der Waals surface area contributed by atoms with Gasteiger partial charge in [-0.2, -0.15) is 13.2 Å². The van der Waals surface area contributed by atoms with Gasteiger partial charge in [-0.25, -0.2) is 4.39 Å². The highest BCUT2D eigenvalue weighted by Crippen LogP contribution is 2.39. The summed E-state index contributed by atoms with van der Waals surface area (Å²) in [6.45, 7) is 3.86. The zero-order chi connectivity index (χ0) is 25.7. The van der Waals surface area contributed by atoms with E-state index in [1.165, 1.54) is 6.07 Å². The minimum atomic E-state index is -4.46. The highest BCUT2D eigenvalue weighted by Gasteiger charge is 2.44. The number of β-lactam (4-membered cyclic amide) rings is 1. The fourth-order valence-corrected chi connectivity index (χ4v) is 4.80. The normalized spacial score (nSPS) is 22.1. The molecule has 2 aromatic carbocycles. The number of benzene rings is 2. The Morgan fingerprint density at radius 3 is 2.60 bits per heavy atom. The van der Waals surface area contributed by atoms with Crippen LogP contribution in [0.3, 0.4) is 0 Å². The van der Waals surface area contributed by atoms with Crippen LogP contribution in [0.1, 0.15) is 52.4 Å². The predicted octanol–water partition coefficient (Wildman–Crippen LogP) is 5.73. The number of aryl methyl sites for hydroxylation is 2. The number of hydrogen-bond acceptors (Lipinski definition) is 4. The van der Waals surface area contributed by atoms with Gasteiger partial charge in [-0.3, -0.25) is 9.59 Å². The van der Waals surface area contributed by atoms with E-state index in [0.717, 1.165) is 5.56 Å². The molecule has 0 aliphatic carbocycles. The van der Waals surface area contributed by atoms with Gasteiger partial charge in [0.25, 0.3) is 0 Å². The number of ketones is 1. The van der Waals surface area contributed by atoms with Crippen LogP contribution in [0.5, 0.6) is 0 Å². The van der Waals surface area contributed by atoms with Crippen LogP contribution in [-0.4, -0.2) is 41.6 Å². The first-order valence-corrected chi connectivity index (χ1v) is 11.4. The number of carbonyl (C=O) groups excluding carboxylic acids is 2. The Labute approximate surface area is 204 Å². The second kappa shape index (κ2) is 8.93. The second-order valence-electron chi connectivity index (χ2n) is 9.33. The van der Waals surface area contributed by atoms with Crippen LogP contribution in [0.4, 0.5) is 17.6 Å².